The van der Waals surface area contributed by atoms with Gasteiger partial charge in [0.2, 0.25) is 0 Å². The minimum atomic E-state index is -0.141. The first-order chi connectivity index (χ1) is 13.2. The maximum absolute atomic E-state index is 12.4. The van der Waals surface area contributed by atoms with E-state index in [0.29, 0.717) is 43.5 Å². The van der Waals surface area contributed by atoms with Crippen molar-refractivity contribution in [2.45, 2.75) is 31.7 Å². The quantitative estimate of drug-likeness (QED) is 0.882. The summed E-state index contributed by atoms with van der Waals surface area (Å²) in [7, 11) is 0. The molecule has 1 saturated carbocycles. The molecule has 0 spiro atoms. The molecule has 2 aromatic heterocycles. The van der Waals surface area contributed by atoms with Gasteiger partial charge in [-0.15, -0.1) is 0 Å². The molecule has 8 nitrogen and oxygen atoms in total. The van der Waals surface area contributed by atoms with Gasteiger partial charge in [0.15, 0.2) is 5.76 Å². The summed E-state index contributed by atoms with van der Waals surface area (Å²) in [6.07, 6.45) is 7.34. The van der Waals surface area contributed by atoms with Gasteiger partial charge in [-0.2, -0.15) is 0 Å². The van der Waals surface area contributed by atoms with E-state index in [1.807, 2.05) is 0 Å². The van der Waals surface area contributed by atoms with Crippen LogP contribution in [-0.2, 0) is 0 Å². The first-order valence-electron chi connectivity index (χ1n) is 9.41. The smallest absolute Gasteiger partial charge is 0.289 e. The van der Waals surface area contributed by atoms with Gasteiger partial charge in [0.05, 0.1) is 6.26 Å². The van der Waals surface area contributed by atoms with Crippen molar-refractivity contribution in [3.8, 4) is 0 Å². The molecule has 0 unspecified atom stereocenters. The Bertz CT molecular complexity index is 793. The Hall–Kier alpha value is -2.90. The molecule has 0 aromatic carbocycles. The molecule has 2 fully saturated rings. The molecule has 3 heterocycles. The van der Waals surface area contributed by atoms with Crippen molar-refractivity contribution in [2.75, 3.05) is 31.1 Å². The Morgan fingerprint density at radius 1 is 1.11 bits per heavy atom. The highest BCUT2D eigenvalue weighted by Gasteiger charge is 2.25. The summed E-state index contributed by atoms with van der Waals surface area (Å²) in [5, 5.41) is 3.05. The lowest BCUT2D eigenvalue weighted by Gasteiger charge is -2.35. The number of carbonyl (C=O) groups is 2. The molecule has 142 valence electrons. The van der Waals surface area contributed by atoms with Crippen molar-refractivity contribution < 1.29 is 14.0 Å². The van der Waals surface area contributed by atoms with Crippen LogP contribution in [0.15, 0.2) is 35.2 Å². The van der Waals surface area contributed by atoms with Crippen LogP contribution in [-0.4, -0.2) is 58.9 Å². The van der Waals surface area contributed by atoms with E-state index in [1.165, 1.54) is 25.4 Å². The summed E-state index contributed by atoms with van der Waals surface area (Å²) in [4.78, 5) is 37.0. The summed E-state index contributed by atoms with van der Waals surface area (Å²) in [5.41, 5.74) is 0.390. The van der Waals surface area contributed by atoms with Gasteiger partial charge in [-0.05, 0) is 25.0 Å². The van der Waals surface area contributed by atoms with Gasteiger partial charge in [-0.25, -0.2) is 9.97 Å². The highest BCUT2D eigenvalue weighted by molar-refractivity contribution is 5.93. The zero-order chi connectivity index (χ0) is 18.6. The second-order valence-corrected chi connectivity index (χ2v) is 6.97. The van der Waals surface area contributed by atoms with E-state index in [9.17, 15) is 9.59 Å². The maximum atomic E-state index is 12.4. The number of amides is 2. The molecule has 2 amide bonds. The summed E-state index contributed by atoms with van der Waals surface area (Å²) < 4.78 is 5.19. The number of aromatic nitrogens is 2. The fourth-order valence-corrected chi connectivity index (χ4v) is 3.67. The molecular weight excluding hydrogens is 346 g/mol. The Kier molecular flexibility index (Phi) is 5.04. The SMILES string of the molecule is O=C(NC1CCCC1)c1cc(N2CCN(C(=O)c3ccco3)CC2)ncn1. The molecule has 0 bridgehead atoms. The van der Waals surface area contributed by atoms with Crippen LogP contribution < -0.4 is 10.2 Å². The van der Waals surface area contributed by atoms with Crippen LogP contribution in [0.2, 0.25) is 0 Å². The van der Waals surface area contributed by atoms with Crippen LogP contribution in [0.5, 0.6) is 0 Å². The van der Waals surface area contributed by atoms with E-state index in [2.05, 4.69) is 20.2 Å². The number of nitrogens with zero attached hydrogens (tertiary/aromatic N) is 4. The number of carbonyl (C=O) groups excluding carboxylic acids is 2. The lowest BCUT2D eigenvalue weighted by molar-refractivity contribution is 0.0714. The van der Waals surface area contributed by atoms with Crippen molar-refractivity contribution in [1.82, 2.24) is 20.2 Å². The molecule has 1 saturated heterocycles. The van der Waals surface area contributed by atoms with Gasteiger partial charge in [0.25, 0.3) is 11.8 Å². The third-order valence-corrected chi connectivity index (χ3v) is 5.20. The van der Waals surface area contributed by atoms with Crippen molar-refractivity contribution in [3.63, 3.8) is 0 Å². The highest BCUT2D eigenvalue weighted by Crippen LogP contribution is 2.19. The van der Waals surface area contributed by atoms with Crippen LogP contribution in [0.25, 0.3) is 0 Å². The summed E-state index contributed by atoms with van der Waals surface area (Å²) >= 11 is 0. The van der Waals surface area contributed by atoms with Crippen LogP contribution in [0.1, 0.15) is 46.7 Å². The van der Waals surface area contributed by atoms with E-state index in [-0.39, 0.29) is 17.9 Å². The molecular formula is C19H23N5O3. The molecule has 27 heavy (non-hydrogen) atoms. The lowest BCUT2D eigenvalue weighted by Crippen LogP contribution is -2.49. The van der Waals surface area contributed by atoms with E-state index in [0.717, 1.165) is 12.8 Å². The van der Waals surface area contributed by atoms with Crippen LogP contribution in [0.4, 0.5) is 5.82 Å². The Morgan fingerprint density at radius 3 is 2.59 bits per heavy atom. The molecule has 0 radical (unpaired) electrons. The first kappa shape index (κ1) is 17.5. The topological polar surface area (TPSA) is 91.6 Å². The fourth-order valence-electron chi connectivity index (χ4n) is 3.67. The molecule has 2 aliphatic rings. The van der Waals surface area contributed by atoms with Crippen LogP contribution in [0, 0.1) is 0 Å². The largest absolute Gasteiger partial charge is 0.459 e. The summed E-state index contributed by atoms with van der Waals surface area (Å²) in [5.74, 6) is 0.833. The average molecular weight is 369 g/mol. The van der Waals surface area contributed by atoms with Gasteiger partial charge in [-0.1, -0.05) is 12.8 Å². The summed E-state index contributed by atoms with van der Waals surface area (Å²) in [6, 6.07) is 5.37. The lowest BCUT2D eigenvalue weighted by atomic mass is 10.2. The normalized spacial score (nSPS) is 17.9. The van der Waals surface area contributed by atoms with Gasteiger partial charge < -0.3 is 19.5 Å². The summed E-state index contributed by atoms with van der Waals surface area (Å²) in [6.45, 7) is 2.45. The molecule has 1 aliphatic carbocycles. The first-order valence-corrected chi connectivity index (χ1v) is 9.41. The maximum Gasteiger partial charge on any atom is 0.289 e. The van der Waals surface area contributed by atoms with Gasteiger partial charge in [0.1, 0.15) is 17.8 Å². The molecule has 1 N–H and O–H groups in total. The van der Waals surface area contributed by atoms with Crippen molar-refractivity contribution >= 4 is 17.6 Å². The van der Waals surface area contributed by atoms with Gasteiger partial charge in [0, 0.05) is 38.3 Å². The molecule has 1 aliphatic heterocycles. The number of hydrogen-bond donors (Lipinski definition) is 1. The molecule has 4 rings (SSSR count). The third kappa shape index (κ3) is 3.94. The zero-order valence-corrected chi connectivity index (χ0v) is 15.1. The molecule has 8 heteroatoms. The van der Waals surface area contributed by atoms with E-state index >= 15 is 0 Å². The van der Waals surface area contributed by atoms with Gasteiger partial charge in [-0.3, -0.25) is 9.59 Å². The molecule has 0 atom stereocenters. The number of anilines is 1. The number of hydrogen-bond acceptors (Lipinski definition) is 6. The molecule has 2 aromatic rings. The third-order valence-electron chi connectivity index (χ3n) is 5.20. The average Bonchev–Trinajstić information content (AvgIpc) is 3.42. The zero-order valence-electron chi connectivity index (χ0n) is 15.1. The standard InChI is InChI=1S/C19H23N5O3/c25-18(22-14-4-1-2-5-14)15-12-17(21-13-20-15)23-7-9-24(10-8-23)19(26)16-6-3-11-27-16/h3,6,11-14H,1-2,4-5,7-10H2,(H,22,25). The van der Waals surface area contributed by atoms with Crippen molar-refractivity contribution in [3.05, 3.63) is 42.2 Å². The fraction of sp³-hybridized carbons (Fsp3) is 0.474. The van der Waals surface area contributed by atoms with E-state index in [4.69, 9.17) is 4.42 Å². The van der Waals surface area contributed by atoms with Crippen molar-refractivity contribution in [1.29, 1.82) is 0 Å². The van der Waals surface area contributed by atoms with Crippen LogP contribution >= 0.6 is 0 Å². The monoisotopic (exact) mass is 369 g/mol. The predicted molar refractivity (Wildman–Crippen MR) is 98.6 cm³/mol. The van der Waals surface area contributed by atoms with E-state index in [1.54, 1.807) is 23.1 Å². The Balaban J connectivity index is 1.37. The second-order valence-electron chi connectivity index (χ2n) is 6.97. The minimum Gasteiger partial charge on any atom is -0.459 e. The van der Waals surface area contributed by atoms with Crippen LogP contribution in [0.3, 0.4) is 0 Å². The second kappa shape index (κ2) is 7.77. The minimum absolute atomic E-state index is 0.0982. The predicted octanol–water partition coefficient (Wildman–Crippen LogP) is 1.70. The Morgan fingerprint density at radius 2 is 1.89 bits per heavy atom. The van der Waals surface area contributed by atoms with Gasteiger partial charge >= 0.3 is 0 Å². The number of furan rings is 1. The van der Waals surface area contributed by atoms with E-state index < -0.39 is 0 Å². The number of nitrogens with one attached hydrogen (secondary N) is 1. The Labute approximate surface area is 157 Å². The number of piperazine rings is 1. The highest BCUT2D eigenvalue weighted by atomic mass is 16.3. The number of rotatable bonds is 4. The van der Waals surface area contributed by atoms with Crippen molar-refractivity contribution in [2.24, 2.45) is 0 Å².